The third-order valence-electron chi connectivity index (χ3n) is 4.59. The number of benzene rings is 1. The van der Waals surface area contributed by atoms with Gasteiger partial charge in [-0.2, -0.15) is 15.0 Å². The minimum Gasteiger partial charge on any atom is -0.378 e. The van der Waals surface area contributed by atoms with Crippen molar-refractivity contribution in [2.75, 3.05) is 73.1 Å². The smallest absolute Gasteiger partial charge is 0.248 e. The molecule has 0 amide bonds. The molecule has 2 aliphatic heterocycles. The molecule has 2 fully saturated rings. The summed E-state index contributed by atoms with van der Waals surface area (Å²) in [5.74, 6) is 1.60. The summed E-state index contributed by atoms with van der Waals surface area (Å²) in [4.78, 5) is 18.0. The van der Waals surface area contributed by atoms with Crippen LogP contribution in [0, 0.1) is 0 Å². The number of hydrogen-bond acceptors (Lipinski definition) is 9. The fourth-order valence-corrected chi connectivity index (χ4v) is 3.32. The number of thiocarbonyl (C=S) groups is 1. The van der Waals surface area contributed by atoms with Crippen molar-refractivity contribution in [3.8, 4) is 0 Å². The molecule has 0 bridgehead atoms. The highest BCUT2D eigenvalue weighted by Gasteiger charge is 2.20. The molecular formula is C18H23ClN8O2S. The van der Waals surface area contributed by atoms with E-state index < -0.39 is 0 Å². The van der Waals surface area contributed by atoms with Crippen LogP contribution in [-0.4, -0.2) is 72.7 Å². The molecule has 4 rings (SSSR count). The molecule has 2 aliphatic rings. The minimum atomic E-state index is 0.374. The molecule has 2 saturated heterocycles. The first-order valence-corrected chi connectivity index (χ1v) is 10.5. The summed E-state index contributed by atoms with van der Waals surface area (Å²) in [6.07, 6.45) is 0. The zero-order valence-corrected chi connectivity index (χ0v) is 17.9. The molecule has 1 aromatic carbocycles. The Kier molecular flexibility index (Phi) is 6.95. The van der Waals surface area contributed by atoms with Crippen molar-refractivity contribution in [3.63, 3.8) is 0 Å². The molecule has 3 N–H and O–H groups in total. The summed E-state index contributed by atoms with van der Waals surface area (Å²) >= 11 is 11.3. The lowest BCUT2D eigenvalue weighted by Crippen LogP contribution is -2.40. The molecular weight excluding hydrogens is 428 g/mol. The van der Waals surface area contributed by atoms with Crippen LogP contribution in [0.2, 0.25) is 5.02 Å². The number of halogens is 1. The Hall–Kier alpha value is -2.47. The summed E-state index contributed by atoms with van der Waals surface area (Å²) in [6, 6.07) is 7.25. The normalized spacial score (nSPS) is 16.8. The number of anilines is 4. The van der Waals surface area contributed by atoms with Gasteiger partial charge in [0.1, 0.15) is 0 Å². The van der Waals surface area contributed by atoms with E-state index in [4.69, 9.17) is 33.3 Å². The SMILES string of the molecule is S=C(NNc1nc(N2CCOCC2)nc(N2CCOCC2)n1)Nc1ccc(Cl)cc1. The van der Waals surface area contributed by atoms with Gasteiger partial charge in [-0.05, 0) is 36.5 Å². The largest absolute Gasteiger partial charge is 0.378 e. The van der Waals surface area contributed by atoms with Gasteiger partial charge >= 0.3 is 0 Å². The third kappa shape index (κ3) is 5.57. The summed E-state index contributed by atoms with van der Waals surface area (Å²) < 4.78 is 10.9. The fraction of sp³-hybridized carbons (Fsp3) is 0.444. The lowest BCUT2D eigenvalue weighted by atomic mass is 10.3. The Morgan fingerprint density at radius 1 is 0.867 bits per heavy atom. The number of ether oxygens (including phenoxy) is 2. The number of nitrogens with zero attached hydrogens (tertiary/aromatic N) is 5. The molecule has 0 saturated carbocycles. The van der Waals surface area contributed by atoms with Crippen LogP contribution in [0.1, 0.15) is 0 Å². The topological polar surface area (TPSA) is 99.7 Å². The molecule has 0 aliphatic carbocycles. The number of rotatable bonds is 5. The van der Waals surface area contributed by atoms with Gasteiger partial charge in [-0.1, -0.05) is 11.6 Å². The average molecular weight is 451 g/mol. The van der Waals surface area contributed by atoms with E-state index in [-0.39, 0.29) is 0 Å². The van der Waals surface area contributed by atoms with Crippen LogP contribution < -0.4 is 26.0 Å². The van der Waals surface area contributed by atoms with Gasteiger partial charge in [0, 0.05) is 36.9 Å². The molecule has 0 radical (unpaired) electrons. The predicted molar refractivity (Wildman–Crippen MR) is 120 cm³/mol. The average Bonchev–Trinajstić information content (AvgIpc) is 2.80. The van der Waals surface area contributed by atoms with Crippen LogP contribution in [0.4, 0.5) is 23.5 Å². The maximum atomic E-state index is 5.91. The summed E-state index contributed by atoms with van der Waals surface area (Å²) in [7, 11) is 0. The second kappa shape index (κ2) is 10.0. The minimum absolute atomic E-state index is 0.374. The van der Waals surface area contributed by atoms with Crippen molar-refractivity contribution in [2.45, 2.75) is 0 Å². The van der Waals surface area contributed by atoms with E-state index in [2.05, 4.69) is 40.9 Å². The number of aromatic nitrogens is 3. The van der Waals surface area contributed by atoms with Crippen LogP contribution in [0.15, 0.2) is 24.3 Å². The Morgan fingerprint density at radius 2 is 1.40 bits per heavy atom. The monoisotopic (exact) mass is 450 g/mol. The van der Waals surface area contributed by atoms with Crippen LogP contribution in [-0.2, 0) is 9.47 Å². The molecule has 30 heavy (non-hydrogen) atoms. The Balaban J connectivity index is 1.46. The van der Waals surface area contributed by atoms with Crippen LogP contribution >= 0.6 is 23.8 Å². The van der Waals surface area contributed by atoms with Crippen LogP contribution in [0.3, 0.4) is 0 Å². The highest BCUT2D eigenvalue weighted by Crippen LogP contribution is 2.18. The Labute approximate surface area is 184 Å². The van der Waals surface area contributed by atoms with Crippen molar-refractivity contribution in [3.05, 3.63) is 29.3 Å². The summed E-state index contributed by atoms with van der Waals surface area (Å²) in [5.41, 5.74) is 6.71. The quantitative estimate of drug-likeness (QED) is 0.456. The van der Waals surface area contributed by atoms with Gasteiger partial charge in [0.05, 0.1) is 26.4 Å². The van der Waals surface area contributed by atoms with Crippen molar-refractivity contribution < 1.29 is 9.47 Å². The fourth-order valence-electron chi connectivity index (χ4n) is 3.03. The van der Waals surface area contributed by atoms with Gasteiger partial charge in [0.25, 0.3) is 0 Å². The first kappa shape index (κ1) is 20.8. The van der Waals surface area contributed by atoms with E-state index in [0.717, 1.165) is 31.9 Å². The number of hydrazine groups is 1. The molecule has 1 aromatic heterocycles. The zero-order chi connectivity index (χ0) is 20.8. The van der Waals surface area contributed by atoms with Gasteiger partial charge in [-0.25, -0.2) is 0 Å². The van der Waals surface area contributed by atoms with Crippen molar-refractivity contribution in [2.24, 2.45) is 0 Å². The van der Waals surface area contributed by atoms with E-state index in [0.29, 0.717) is 54.4 Å². The van der Waals surface area contributed by atoms with Crippen molar-refractivity contribution in [1.82, 2.24) is 20.4 Å². The van der Waals surface area contributed by atoms with Crippen molar-refractivity contribution in [1.29, 1.82) is 0 Å². The molecule has 0 atom stereocenters. The summed E-state index contributed by atoms with van der Waals surface area (Å²) in [5, 5.41) is 4.10. The zero-order valence-electron chi connectivity index (χ0n) is 16.3. The van der Waals surface area contributed by atoms with E-state index >= 15 is 0 Å². The van der Waals surface area contributed by atoms with E-state index in [9.17, 15) is 0 Å². The maximum absolute atomic E-state index is 5.91. The maximum Gasteiger partial charge on any atom is 0.248 e. The Morgan fingerprint density at radius 3 is 1.93 bits per heavy atom. The van der Waals surface area contributed by atoms with Crippen molar-refractivity contribution >= 4 is 52.5 Å². The Bertz CT molecular complexity index is 824. The van der Waals surface area contributed by atoms with Gasteiger partial charge < -0.3 is 24.6 Å². The molecule has 0 unspecified atom stereocenters. The standard InChI is InChI=1S/C18H23ClN8O2S/c19-13-1-3-14(4-2-13)20-18(30)25-24-15-21-16(26-5-9-28-10-6-26)23-17(22-15)27-7-11-29-12-8-27/h1-4H,5-12H2,(H2,20,25,30)(H,21,22,23,24). The first-order valence-electron chi connectivity index (χ1n) is 9.67. The van der Waals surface area contributed by atoms with E-state index in [1.165, 1.54) is 0 Å². The lowest BCUT2D eigenvalue weighted by molar-refractivity contribution is 0.121. The van der Waals surface area contributed by atoms with Gasteiger partial charge in [0.15, 0.2) is 5.11 Å². The highest BCUT2D eigenvalue weighted by atomic mass is 35.5. The predicted octanol–water partition coefficient (Wildman–Crippen LogP) is 1.51. The first-order chi connectivity index (χ1) is 14.7. The van der Waals surface area contributed by atoms with Gasteiger partial charge in [0.2, 0.25) is 17.8 Å². The molecule has 0 spiro atoms. The molecule has 3 heterocycles. The van der Waals surface area contributed by atoms with Crippen LogP contribution in [0.25, 0.3) is 0 Å². The molecule has 10 nitrogen and oxygen atoms in total. The highest BCUT2D eigenvalue weighted by molar-refractivity contribution is 7.80. The van der Waals surface area contributed by atoms with E-state index in [1.807, 2.05) is 12.1 Å². The lowest BCUT2D eigenvalue weighted by Gasteiger charge is -2.30. The van der Waals surface area contributed by atoms with Gasteiger partial charge in [-0.15, -0.1) is 0 Å². The van der Waals surface area contributed by atoms with Crippen LogP contribution in [0.5, 0.6) is 0 Å². The number of nitrogens with one attached hydrogen (secondary N) is 3. The number of hydrogen-bond donors (Lipinski definition) is 3. The molecule has 2 aromatic rings. The second-order valence-corrected chi connectivity index (χ2v) is 7.51. The van der Waals surface area contributed by atoms with E-state index in [1.54, 1.807) is 12.1 Å². The number of morpholine rings is 2. The molecule has 12 heteroatoms. The molecule has 160 valence electrons. The van der Waals surface area contributed by atoms with Gasteiger partial charge in [-0.3, -0.25) is 10.9 Å². The third-order valence-corrected chi connectivity index (χ3v) is 5.05. The summed E-state index contributed by atoms with van der Waals surface area (Å²) in [6.45, 7) is 5.52. The second-order valence-electron chi connectivity index (χ2n) is 6.67.